The van der Waals surface area contributed by atoms with Crippen molar-refractivity contribution in [2.24, 2.45) is 5.41 Å². The van der Waals surface area contributed by atoms with Crippen molar-refractivity contribution in [1.29, 1.82) is 5.26 Å². The molecule has 2 saturated heterocycles. The number of rotatable bonds is 8. The highest BCUT2D eigenvalue weighted by molar-refractivity contribution is 5.94. The van der Waals surface area contributed by atoms with Crippen molar-refractivity contribution < 1.29 is 9.53 Å². The van der Waals surface area contributed by atoms with Crippen LogP contribution in [-0.4, -0.2) is 43.7 Å². The predicted octanol–water partition coefficient (Wildman–Crippen LogP) is 3.69. The van der Waals surface area contributed by atoms with Gasteiger partial charge in [-0.2, -0.15) is 5.26 Å². The zero-order chi connectivity index (χ0) is 24.1. The van der Waals surface area contributed by atoms with E-state index in [1.807, 2.05) is 72.9 Å². The molecule has 7 nitrogen and oxygen atoms in total. The lowest BCUT2D eigenvalue weighted by Gasteiger charge is -2.37. The molecule has 3 aromatic rings. The fourth-order valence-electron chi connectivity index (χ4n) is 4.74. The van der Waals surface area contributed by atoms with Crippen molar-refractivity contribution in [2.45, 2.75) is 18.9 Å². The molecule has 1 aromatic heterocycles. The Hall–Kier alpha value is -3.73. The molecule has 2 fully saturated rings. The maximum atomic E-state index is 13.2. The van der Waals surface area contributed by atoms with Crippen LogP contribution in [0.4, 0.5) is 11.5 Å². The summed E-state index contributed by atoms with van der Waals surface area (Å²) in [6.07, 6.45) is 3.74. The molecule has 178 valence electrons. The van der Waals surface area contributed by atoms with E-state index in [1.54, 1.807) is 0 Å². The lowest BCUT2D eigenvalue weighted by Crippen LogP contribution is -2.44. The second-order valence-corrected chi connectivity index (χ2v) is 9.41. The Balaban J connectivity index is 1.21. The summed E-state index contributed by atoms with van der Waals surface area (Å²) in [5, 5.41) is 15.3. The van der Waals surface area contributed by atoms with Crippen LogP contribution in [0.5, 0.6) is 0 Å². The summed E-state index contributed by atoms with van der Waals surface area (Å²) in [5.41, 5.74) is 4.04. The number of ether oxygens (including phenoxy) is 1. The zero-order valence-electron chi connectivity index (χ0n) is 19.6. The number of nitrogens with one attached hydrogen (secondary N) is 2. The molecule has 5 rings (SSSR count). The summed E-state index contributed by atoms with van der Waals surface area (Å²) >= 11 is 0. The Kier molecular flexibility index (Phi) is 6.75. The molecular formula is C28H29N5O2. The van der Waals surface area contributed by atoms with Gasteiger partial charge in [-0.15, -0.1) is 0 Å². The van der Waals surface area contributed by atoms with Crippen LogP contribution < -0.4 is 15.5 Å². The van der Waals surface area contributed by atoms with Gasteiger partial charge in [0, 0.05) is 25.0 Å². The number of hydrogen-bond acceptors (Lipinski definition) is 6. The van der Waals surface area contributed by atoms with Gasteiger partial charge in [-0.05, 0) is 48.2 Å². The van der Waals surface area contributed by atoms with Gasteiger partial charge in [-0.1, -0.05) is 42.5 Å². The number of nitriles is 1. The molecule has 7 heteroatoms. The molecule has 1 spiro atoms. The third-order valence-electron chi connectivity index (χ3n) is 6.86. The van der Waals surface area contributed by atoms with Crippen LogP contribution >= 0.6 is 0 Å². The van der Waals surface area contributed by atoms with Gasteiger partial charge in [0.2, 0.25) is 5.91 Å². The van der Waals surface area contributed by atoms with E-state index >= 15 is 0 Å². The molecule has 2 N–H and O–H groups in total. The summed E-state index contributed by atoms with van der Waals surface area (Å²) in [4.78, 5) is 20.1. The SMILES string of the molecule is N#Cc1ccc(CCN[C@H](C(=O)Nc2ccc(N3CCC4(COC4)C3)cn2)c2ccccc2)cc1. The van der Waals surface area contributed by atoms with Gasteiger partial charge in [0.05, 0.1) is 36.7 Å². The topological polar surface area (TPSA) is 90.3 Å². The quantitative estimate of drug-likeness (QED) is 0.525. The van der Waals surface area contributed by atoms with Crippen molar-refractivity contribution in [3.8, 4) is 6.07 Å². The van der Waals surface area contributed by atoms with Crippen molar-refractivity contribution in [3.63, 3.8) is 0 Å². The van der Waals surface area contributed by atoms with Gasteiger partial charge in [-0.3, -0.25) is 4.79 Å². The maximum Gasteiger partial charge on any atom is 0.247 e. The number of nitrogens with zero attached hydrogens (tertiary/aromatic N) is 3. The van der Waals surface area contributed by atoms with E-state index in [0.29, 0.717) is 23.3 Å². The number of aromatic nitrogens is 1. The molecule has 35 heavy (non-hydrogen) atoms. The van der Waals surface area contributed by atoms with Gasteiger partial charge in [0.15, 0.2) is 0 Å². The molecule has 2 aromatic carbocycles. The van der Waals surface area contributed by atoms with Crippen LogP contribution in [0, 0.1) is 16.7 Å². The van der Waals surface area contributed by atoms with Crippen molar-refractivity contribution in [2.75, 3.05) is 43.1 Å². The van der Waals surface area contributed by atoms with E-state index in [2.05, 4.69) is 26.6 Å². The molecule has 0 bridgehead atoms. The molecule has 1 atom stereocenters. The highest BCUT2D eigenvalue weighted by atomic mass is 16.5. The van der Waals surface area contributed by atoms with Crippen molar-refractivity contribution in [1.82, 2.24) is 10.3 Å². The molecule has 0 aliphatic carbocycles. The van der Waals surface area contributed by atoms with Crippen molar-refractivity contribution >= 4 is 17.4 Å². The van der Waals surface area contributed by atoms with Crippen molar-refractivity contribution in [3.05, 3.63) is 89.6 Å². The van der Waals surface area contributed by atoms with Crippen LogP contribution in [0.1, 0.15) is 29.2 Å². The number of carbonyl (C=O) groups excluding carboxylic acids is 1. The average molecular weight is 468 g/mol. The van der Waals surface area contributed by atoms with Gasteiger partial charge >= 0.3 is 0 Å². The molecule has 3 heterocycles. The minimum absolute atomic E-state index is 0.150. The number of benzene rings is 2. The Morgan fingerprint density at radius 3 is 2.54 bits per heavy atom. The minimum atomic E-state index is -0.506. The second-order valence-electron chi connectivity index (χ2n) is 9.41. The molecule has 0 unspecified atom stereocenters. The smallest absolute Gasteiger partial charge is 0.247 e. The van der Waals surface area contributed by atoms with Crippen LogP contribution in [0.2, 0.25) is 0 Å². The Morgan fingerprint density at radius 2 is 1.91 bits per heavy atom. The first-order valence-corrected chi connectivity index (χ1v) is 12.0. The lowest BCUT2D eigenvalue weighted by molar-refractivity contribution is -0.118. The highest BCUT2D eigenvalue weighted by Crippen LogP contribution is 2.39. The maximum absolute atomic E-state index is 13.2. The van der Waals surface area contributed by atoms with Gasteiger partial charge < -0.3 is 20.3 Å². The number of hydrogen-bond donors (Lipinski definition) is 2. The zero-order valence-corrected chi connectivity index (χ0v) is 19.6. The van der Waals surface area contributed by atoms with Crippen LogP contribution in [-0.2, 0) is 16.0 Å². The molecule has 0 saturated carbocycles. The number of pyridine rings is 1. The summed E-state index contributed by atoms with van der Waals surface area (Å²) < 4.78 is 5.42. The van der Waals surface area contributed by atoms with E-state index < -0.39 is 6.04 Å². The second kappa shape index (κ2) is 10.3. The summed E-state index contributed by atoms with van der Waals surface area (Å²) in [6.45, 7) is 4.33. The van der Waals surface area contributed by atoms with E-state index in [0.717, 1.165) is 56.0 Å². The fraction of sp³-hybridized carbons (Fsp3) is 0.321. The Morgan fingerprint density at radius 1 is 1.11 bits per heavy atom. The van der Waals surface area contributed by atoms with Crippen LogP contribution in [0.3, 0.4) is 0 Å². The number of carbonyl (C=O) groups is 1. The highest BCUT2D eigenvalue weighted by Gasteiger charge is 2.44. The largest absolute Gasteiger partial charge is 0.380 e. The van der Waals surface area contributed by atoms with E-state index in [1.165, 1.54) is 0 Å². The first-order chi connectivity index (χ1) is 17.1. The fourth-order valence-corrected chi connectivity index (χ4v) is 4.74. The first kappa shape index (κ1) is 23.0. The molecule has 2 aliphatic rings. The number of anilines is 2. The van der Waals surface area contributed by atoms with Crippen LogP contribution in [0.25, 0.3) is 0 Å². The Labute approximate surface area is 205 Å². The molecule has 0 radical (unpaired) electrons. The van der Waals surface area contributed by atoms with Gasteiger partial charge in [-0.25, -0.2) is 4.98 Å². The third-order valence-corrected chi connectivity index (χ3v) is 6.86. The Bertz CT molecular complexity index is 1180. The monoisotopic (exact) mass is 467 g/mol. The normalized spacial score (nSPS) is 16.9. The lowest BCUT2D eigenvalue weighted by atomic mass is 9.85. The van der Waals surface area contributed by atoms with Gasteiger partial charge in [0.25, 0.3) is 0 Å². The average Bonchev–Trinajstić information content (AvgIpc) is 3.35. The molecule has 1 amide bonds. The first-order valence-electron chi connectivity index (χ1n) is 12.0. The van der Waals surface area contributed by atoms with E-state index in [9.17, 15) is 4.79 Å². The standard InChI is InChI=1S/C28H29N5O2/c29-16-22-8-6-21(7-9-22)12-14-30-26(23-4-2-1-3-5-23)27(34)32-25-11-10-24(17-31-25)33-15-13-28(18-33)19-35-20-28/h1-11,17,26,30H,12-15,18-20H2,(H,31,32,34)/t26-/m0/s1. The number of amides is 1. The summed E-state index contributed by atoms with van der Waals surface area (Å²) in [6, 6.07) is 22.7. The molecular weight excluding hydrogens is 438 g/mol. The summed E-state index contributed by atoms with van der Waals surface area (Å²) in [7, 11) is 0. The van der Waals surface area contributed by atoms with E-state index in [4.69, 9.17) is 10.00 Å². The molecule has 2 aliphatic heterocycles. The van der Waals surface area contributed by atoms with E-state index in [-0.39, 0.29) is 5.91 Å². The predicted molar refractivity (Wildman–Crippen MR) is 135 cm³/mol. The van der Waals surface area contributed by atoms with Gasteiger partial charge in [0.1, 0.15) is 11.9 Å². The third kappa shape index (κ3) is 5.35. The summed E-state index contributed by atoms with van der Waals surface area (Å²) in [5.74, 6) is 0.387. The van der Waals surface area contributed by atoms with Crippen LogP contribution in [0.15, 0.2) is 72.9 Å². The minimum Gasteiger partial charge on any atom is -0.380 e.